The summed E-state index contributed by atoms with van der Waals surface area (Å²) < 4.78 is 5.81. The highest BCUT2D eigenvalue weighted by atomic mass is 16.4. The molecule has 4 aromatic carbocycles. The second kappa shape index (κ2) is 9.32. The molecule has 0 aliphatic heterocycles. The van der Waals surface area contributed by atoms with Crippen molar-refractivity contribution in [3.05, 3.63) is 132 Å². The highest BCUT2D eigenvalue weighted by molar-refractivity contribution is 5.95. The third-order valence-corrected chi connectivity index (χ3v) is 5.38. The number of carbonyl (C=O) groups is 1. The molecule has 0 aliphatic rings. The zero-order valence-electron chi connectivity index (χ0n) is 17.8. The van der Waals surface area contributed by atoms with Crippen molar-refractivity contribution in [2.45, 2.75) is 6.04 Å². The van der Waals surface area contributed by atoms with E-state index in [2.05, 4.69) is 15.5 Å². The molecule has 0 saturated heterocycles. The van der Waals surface area contributed by atoms with Gasteiger partial charge in [0.15, 0.2) is 0 Å². The molecule has 5 heteroatoms. The Morgan fingerprint density at radius 2 is 1.06 bits per heavy atom. The van der Waals surface area contributed by atoms with Gasteiger partial charge in [-0.3, -0.25) is 4.79 Å². The van der Waals surface area contributed by atoms with Crippen LogP contribution in [0.4, 0.5) is 0 Å². The number of benzene rings is 4. The van der Waals surface area contributed by atoms with Gasteiger partial charge in [0, 0.05) is 16.7 Å². The van der Waals surface area contributed by atoms with Crippen LogP contribution in [0.3, 0.4) is 0 Å². The molecule has 5 aromatic rings. The van der Waals surface area contributed by atoms with Crippen molar-refractivity contribution in [3.8, 4) is 22.9 Å². The quantitative estimate of drug-likeness (QED) is 0.362. The van der Waals surface area contributed by atoms with E-state index in [-0.39, 0.29) is 11.9 Å². The zero-order valence-corrected chi connectivity index (χ0v) is 17.8. The Balaban J connectivity index is 1.35. The molecule has 0 bridgehead atoms. The zero-order chi connectivity index (χ0) is 22.5. The van der Waals surface area contributed by atoms with Crippen LogP contribution in [-0.2, 0) is 0 Å². The summed E-state index contributed by atoms with van der Waals surface area (Å²) in [6.45, 7) is 0. The Hall–Kier alpha value is -4.51. The molecular weight excluding hydrogens is 410 g/mol. The summed E-state index contributed by atoms with van der Waals surface area (Å²) in [6.07, 6.45) is 0. The molecule has 5 nitrogen and oxygen atoms in total. The normalized spacial score (nSPS) is 10.8. The minimum atomic E-state index is -0.246. The van der Waals surface area contributed by atoms with Crippen LogP contribution < -0.4 is 5.32 Å². The molecule has 0 unspecified atom stereocenters. The van der Waals surface area contributed by atoms with E-state index < -0.39 is 0 Å². The highest BCUT2D eigenvalue weighted by Crippen LogP contribution is 2.25. The van der Waals surface area contributed by atoms with E-state index >= 15 is 0 Å². The van der Waals surface area contributed by atoms with Gasteiger partial charge in [0.1, 0.15) is 0 Å². The minimum Gasteiger partial charge on any atom is -0.416 e. The van der Waals surface area contributed by atoms with Crippen molar-refractivity contribution >= 4 is 5.91 Å². The summed E-state index contributed by atoms with van der Waals surface area (Å²) in [5, 5.41) is 11.4. The molecule has 0 spiro atoms. The first kappa shape index (κ1) is 20.4. The lowest BCUT2D eigenvalue weighted by molar-refractivity contribution is 0.0943. The average molecular weight is 431 g/mol. The number of carbonyl (C=O) groups excluding carboxylic acids is 1. The molecule has 0 atom stereocenters. The maximum atomic E-state index is 13.1. The fourth-order valence-corrected chi connectivity index (χ4v) is 3.67. The van der Waals surface area contributed by atoms with Crippen LogP contribution in [0.5, 0.6) is 0 Å². The average Bonchev–Trinajstić information content (AvgIpc) is 3.39. The van der Waals surface area contributed by atoms with Crippen LogP contribution in [0.1, 0.15) is 27.5 Å². The number of nitrogens with one attached hydrogen (secondary N) is 1. The van der Waals surface area contributed by atoms with Crippen LogP contribution in [0, 0.1) is 0 Å². The molecule has 1 heterocycles. The number of amides is 1. The molecule has 0 fully saturated rings. The fourth-order valence-electron chi connectivity index (χ4n) is 3.67. The van der Waals surface area contributed by atoms with Crippen LogP contribution in [0.25, 0.3) is 22.9 Å². The standard InChI is InChI=1S/C28H21N3O2/c32-26(29-25(20-10-4-1-5-11-20)21-12-6-2-7-13-21)22-16-18-24(19-17-22)28-31-30-27(33-28)23-14-8-3-9-15-23/h1-19,25H,(H,29,32). The molecule has 1 amide bonds. The first-order valence-corrected chi connectivity index (χ1v) is 10.7. The fraction of sp³-hybridized carbons (Fsp3) is 0.0357. The minimum absolute atomic E-state index is 0.158. The lowest BCUT2D eigenvalue weighted by Crippen LogP contribution is -2.29. The van der Waals surface area contributed by atoms with Gasteiger partial charge in [-0.05, 0) is 47.5 Å². The third kappa shape index (κ3) is 4.57. The topological polar surface area (TPSA) is 68.0 Å². The number of aromatic nitrogens is 2. The van der Waals surface area contributed by atoms with Crippen molar-refractivity contribution in [1.82, 2.24) is 15.5 Å². The Labute approximate surface area is 191 Å². The predicted molar refractivity (Wildman–Crippen MR) is 127 cm³/mol. The summed E-state index contributed by atoms with van der Waals surface area (Å²) in [5.41, 5.74) is 4.21. The number of hydrogen-bond donors (Lipinski definition) is 1. The monoisotopic (exact) mass is 431 g/mol. The van der Waals surface area contributed by atoms with Crippen LogP contribution in [0.2, 0.25) is 0 Å². The summed E-state index contributed by atoms with van der Waals surface area (Å²) in [4.78, 5) is 13.1. The van der Waals surface area contributed by atoms with E-state index in [4.69, 9.17) is 4.42 Å². The second-order valence-corrected chi connectivity index (χ2v) is 7.58. The second-order valence-electron chi connectivity index (χ2n) is 7.58. The maximum absolute atomic E-state index is 13.1. The van der Waals surface area contributed by atoms with Gasteiger partial charge in [-0.2, -0.15) is 0 Å². The van der Waals surface area contributed by atoms with Crippen molar-refractivity contribution < 1.29 is 9.21 Å². The SMILES string of the molecule is O=C(NC(c1ccccc1)c1ccccc1)c1ccc(-c2nnc(-c3ccccc3)o2)cc1. The smallest absolute Gasteiger partial charge is 0.252 e. The van der Waals surface area contributed by atoms with Gasteiger partial charge in [0.25, 0.3) is 5.91 Å². The lowest BCUT2D eigenvalue weighted by Gasteiger charge is -2.20. The Kier molecular flexibility index (Phi) is 5.76. The van der Waals surface area contributed by atoms with Crippen LogP contribution in [-0.4, -0.2) is 16.1 Å². The summed E-state index contributed by atoms with van der Waals surface area (Å²) in [7, 11) is 0. The molecule has 0 saturated carbocycles. The third-order valence-electron chi connectivity index (χ3n) is 5.38. The van der Waals surface area contributed by atoms with E-state index in [1.807, 2.05) is 103 Å². The van der Waals surface area contributed by atoms with Gasteiger partial charge in [-0.1, -0.05) is 78.9 Å². The first-order valence-electron chi connectivity index (χ1n) is 10.7. The van der Waals surface area contributed by atoms with Crippen molar-refractivity contribution in [2.75, 3.05) is 0 Å². The number of rotatable bonds is 6. The summed E-state index contributed by atoms with van der Waals surface area (Å²) in [6, 6.07) is 36.4. The molecule has 160 valence electrons. The number of hydrogen-bond acceptors (Lipinski definition) is 4. The predicted octanol–water partition coefficient (Wildman–Crippen LogP) is 5.92. The lowest BCUT2D eigenvalue weighted by atomic mass is 9.98. The molecule has 0 radical (unpaired) electrons. The molecule has 0 aliphatic carbocycles. The van der Waals surface area contributed by atoms with Crippen LogP contribution in [0.15, 0.2) is 120 Å². The maximum Gasteiger partial charge on any atom is 0.252 e. The van der Waals surface area contributed by atoms with Gasteiger partial charge in [-0.25, -0.2) is 0 Å². The van der Waals surface area contributed by atoms with E-state index in [0.29, 0.717) is 17.3 Å². The Morgan fingerprint density at radius 3 is 1.58 bits per heavy atom. The largest absolute Gasteiger partial charge is 0.416 e. The van der Waals surface area contributed by atoms with Gasteiger partial charge in [0.05, 0.1) is 6.04 Å². The highest BCUT2D eigenvalue weighted by Gasteiger charge is 2.18. The van der Waals surface area contributed by atoms with Crippen LogP contribution >= 0.6 is 0 Å². The molecule has 1 N–H and O–H groups in total. The van der Waals surface area contributed by atoms with E-state index in [9.17, 15) is 4.79 Å². The summed E-state index contributed by atoms with van der Waals surface area (Å²) in [5.74, 6) is 0.711. The Morgan fingerprint density at radius 1 is 0.606 bits per heavy atom. The Bertz CT molecular complexity index is 1290. The first-order chi connectivity index (χ1) is 16.3. The van der Waals surface area contributed by atoms with E-state index in [1.54, 1.807) is 12.1 Å². The van der Waals surface area contributed by atoms with Crippen molar-refractivity contribution in [1.29, 1.82) is 0 Å². The van der Waals surface area contributed by atoms with Gasteiger partial charge in [0.2, 0.25) is 11.8 Å². The van der Waals surface area contributed by atoms with E-state index in [1.165, 1.54) is 0 Å². The van der Waals surface area contributed by atoms with E-state index in [0.717, 1.165) is 22.3 Å². The molecule has 5 rings (SSSR count). The van der Waals surface area contributed by atoms with Crippen molar-refractivity contribution in [2.24, 2.45) is 0 Å². The molecule has 33 heavy (non-hydrogen) atoms. The van der Waals surface area contributed by atoms with Gasteiger partial charge >= 0.3 is 0 Å². The summed E-state index contributed by atoms with van der Waals surface area (Å²) >= 11 is 0. The molecule has 1 aromatic heterocycles. The van der Waals surface area contributed by atoms with Gasteiger partial charge in [-0.15, -0.1) is 10.2 Å². The number of nitrogens with zero attached hydrogens (tertiary/aromatic N) is 2. The van der Waals surface area contributed by atoms with Crippen molar-refractivity contribution in [3.63, 3.8) is 0 Å². The molecular formula is C28H21N3O2. The van der Waals surface area contributed by atoms with Gasteiger partial charge < -0.3 is 9.73 Å².